The monoisotopic (exact) mass is 254 g/mol. The molecule has 0 fully saturated rings. The van der Waals surface area contributed by atoms with Crippen molar-refractivity contribution in [3.05, 3.63) is 12.7 Å². The molecule has 0 aliphatic rings. The van der Waals surface area contributed by atoms with Crippen LogP contribution < -0.4 is 0 Å². The van der Waals surface area contributed by atoms with Crippen molar-refractivity contribution in [1.82, 2.24) is 0 Å². The number of hydrogen-bond acceptors (Lipinski definition) is 1. The van der Waals surface area contributed by atoms with Gasteiger partial charge in [-0.25, -0.2) is 0 Å². The van der Waals surface area contributed by atoms with Crippen LogP contribution in [0.25, 0.3) is 0 Å². The summed E-state index contributed by atoms with van der Waals surface area (Å²) in [6, 6.07) is 0. The molecule has 0 rings (SSSR count). The molecule has 0 heterocycles. The molecule has 10 heavy (non-hydrogen) atoms. The number of carbonyl (C=O) groups is 1. The van der Waals surface area contributed by atoms with Crippen LogP contribution in [0.15, 0.2) is 12.7 Å². The van der Waals surface area contributed by atoms with Crippen molar-refractivity contribution >= 4 is 28.6 Å². The maximum Gasteiger partial charge on any atom is 0.319 e. The second-order valence-electron chi connectivity index (χ2n) is 2.12. The van der Waals surface area contributed by atoms with E-state index in [-0.39, 0.29) is 0 Å². The highest BCUT2D eigenvalue weighted by Crippen LogP contribution is 2.27. The van der Waals surface area contributed by atoms with Crippen LogP contribution in [-0.2, 0) is 4.79 Å². The van der Waals surface area contributed by atoms with Crippen molar-refractivity contribution in [2.75, 3.05) is 0 Å². The molecule has 58 valence electrons. The van der Waals surface area contributed by atoms with E-state index in [0.717, 1.165) is 0 Å². The molecule has 0 saturated carbocycles. The summed E-state index contributed by atoms with van der Waals surface area (Å²) in [6.45, 7) is 5.37. The first-order valence-corrected chi connectivity index (χ1v) is 4.18. The zero-order valence-corrected chi connectivity index (χ0v) is 8.09. The zero-order valence-electron chi connectivity index (χ0n) is 5.93. The minimum Gasteiger partial charge on any atom is -0.480 e. The highest BCUT2D eigenvalue weighted by atomic mass is 127. The predicted molar refractivity (Wildman–Crippen MR) is 49.5 cm³/mol. The number of carboxylic acid groups (broad SMARTS) is 1. The predicted octanol–water partition coefficient (Wildman–Crippen LogP) is 2.23. The van der Waals surface area contributed by atoms with Gasteiger partial charge in [0.1, 0.15) is 3.42 Å². The Morgan fingerprint density at radius 2 is 2.40 bits per heavy atom. The number of halogens is 1. The van der Waals surface area contributed by atoms with E-state index in [1.54, 1.807) is 6.08 Å². The first kappa shape index (κ1) is 9.94. The van der Waals surface area contributed by atoms with Gasteiger partial charge in [0.25, 0.3) is 0 Å². The summed E-state index contributed by atoms with van der Waals surface area (Å²) in [5.74, 6) is -0.754. The Morgan fingerprint density at radius 1 is 1.90 bits per heavy atom. The van der Waals surface area contributed by atoms with Crippen molar-refractivity contribution in [3.8, 4) is 0 Å². The summed E-state index contributed by atoms with van der Waals surface area (Å²) < 4.78 is -0.639. The molecule has 0 bridgehead atoms. The van der Waals surface area contributed by atoms with E-state index in [1.807, 2.05) is 29.5 Å². The minimum atomic E-state index is -0.754. The van der Waals surface area contributed by atoms with Crippen LogP contribution in [0.5, 0.6) is 0 Å². The van der Waals surface area contributed by atoms with Gasteiger partial charge in [0, 0.05) is 0 Å². The summed E-state index contributed by atoms with van der Waals surface area (Å²) in [6.07, 6.45) is 2.80. The normalized spacial score (nSPS) is 15.8. The fraction of sp³-hybridized carbons (Fsp3) is 0.571. The maximum absolute atomic E-state index is 10.6. The van der Waals surface area contributed by atoms with Gasteiger partial charge in [-0.05, 0) is 12.8 Å². The molecule has 0 spiro atoms. The van der Waals surface area contributed by atoms with Crippen molar-refractivity contribution in [3.63, 3.8) is 0 Å². The second kappa shape index (κ2) is 3.95. The van der Waals surface area contributed by atoms with Gasteiger partial charge in [-0.3, -0.25) is 4.79 Å². The highest BCUT2D eigenvalue weighted by Gasteiger charge is 2.31. The Morgan fingerprint density at radius 3 is 2.50 bits per heavy atom. The van der Waals surface area contributed by atoms with Gasteiger partial charge < -0.3 is 5.11 Å². The summed E-state index contributed by atoms with van der Waals surface area (Å²) >= 11 is 1.96. The van der Waals surface area contributed by atoms with Gasteiger partial charge >= 0.3 is 5.97 Å². The fourth-order valence-electron chi connectivity index (χ4n) is 0.612. The molecule has 2 nitrogen and oxygen atoms in total. The second-order valence-corrected chi connectivity index (χ2v) is 4.18. The number of carboxylic acids is 1. The summed E-state index contributed by atoms with van der Waals surface area (Å²) in [5.41, 5.74) is 0. The third-order valence-corrected chi connectivity index (χ3v) is 3.08. The molecule has 0 radical (unpaired) electrons. The molecule has 1 N–H and O–H groups in total. The minimum absolute atomic E-state index is 0.527. The van der Waals surface area contributed by atoms with Gasteiger partial charge in [-0.1, -0.05) is 35.6 Å². The van der Waals surface area contributed by atoms with Crippen LogP contribution in [0.1, 0.15) is 19.8 Å². The van der Waals surface area contributed by atoms with E-state index in [0.29, 0.717) is 12.8 Å². The summed E-state index contributed by atoms with van der Waals surface area (Å²) in [4.78, 5) is 10.6. The molecular weight excluding hydrogens is 243 g/mol. The fourth-order valence-corrected chi connectivity index (χ4v) is 0.923. The Kier molecular flexibility index (Phi) is 3.93. The van der Waals surface area contributed by atoms with Gasteiger partial charge in [-0.2, -0.15) is 0 Å². The van der Waals surface area contributed by atoms with Crippen molar-refractivity contribution in [2.24, 2.45) is 0 Å². The van der Waals surface area contributed by atoms with E-state index < -0.39 is 9.39 Å². The lowest BCUT2D eigenvalue weighted by molar-refractivity contribution is -0.139. The molecule has 1 atom stereocenters. The van der Waals surface area contributed by atoms with Crippen LogP contribution in [0.3, 0.4) is 0 Å². The lowest BCUT2D eigenvalue weighted by Gasteiger charge is -2.17. The number of rotatable bonds is 4. The van der Waals surface area contributed by atoms with E-state index >= 15 is 0 Å². The Labute approximate surface area is 74.5 Å². The number of alkyl halides is 1. The molecule has 0 aliphatic heterocycles. The largest absolute Gasteiger partial charge is 0.480 e. The smallest absolute Gasteiger partial charge is 0.319 e. The summed E-state index contributed by atoms with van der Waals surface area (Å²) in [7, 11) is 0. The molecule has 0 aromatic heterocycles. The third-order valence-electron chi connectivity index (χ3n) is 1.41. The number of aliphatic carboxylic acids is 1. The average Bonchev–Trinajstić information content (AvgIpc) is 1.88. The van der Waals surface area contributed by atoms with E-state index in [9.17, 15) is 4.79 Å². The maximum atomic E-state index is 10.6. The Hall–Kier alpha value is -0.0600. The lowest BCUT2D eigenvalue weighted by Crippen LogP contribution is -2.29. The molecule has 0 aromatic carbocycles. The molecular formula is C7H11IO2. The molecule has 0 saturated heterocycles. The van der Waals surface area contributed by atoms with Crippen LogP contribution in [-0.4, -0.2) is 14.5 Å². The Bertz CT molecular complexity index is 145. The van der Waals surface area contributed by atoms with E-state index in [2.05, 4.69) is 6.58 Å². The third kappa shape index (κ3) is 2.28. The Balaban J connectivity index is 4.21. The van der Waals surface area contributed by atoms with Crippen LogP contribution >= 0.6 is 22.6 Å². The quantitative estimate of drug-likeness (QED) is 0.474. The van der Waals surface area contributed by atoms with E-state index in [4.69, 9.17) is 5.11 Å². The lowest BCUT2D eigenvalue weighted by atomic mass is 10.0. The standard InChI is InChI=1S/C7H11IO2/c1-3-5-7(8,4-2)6(9)10/h3H,1,4-5H2,2H3,(H,9,10). The van der Waals surface area contributed by atoms with E-state index in [1.165, 1.54) is 0 Å². The first-order chi connectivity index (χ1) is 4.56. The van der Waals surface area contributed by atoms with Gasteiger partial charge in [0.15, 0.2) is 0 Å². The average molecular weight is 254 g/mol. The van der Waals surface area contributed by atoms with Crippen LogP contribution in [0.4, 0.5) is 0 Å². The molecule has 0 aromatic rings. The molecule has 1 unspecified atom stereocenters. The summed E-state index contributed by atoms with van der Waals surface area (Å²) in [5, 5.41) is 8.71. The van der Waals surface area contributed by atoms with Crippen LogP contribution in [0.2, 0.25) is 0 Å². The molecule has 3 heteroatoms. The van der Waals surface area contributed by atoms with Gasteiger partial charge in [0.05, 0.1) is 0 Å². The zero-order chi connectivity index (χ0) is 8.20. The van der Waals surface area contributed by atoms with Gasteiger partial charge in [-0.15, -0.1) is 6.58 Å². The van der Waals surface area contributed by atoms with Crippen molar-refractivity contribution in [2.45, 2.75) is 23.2 Å². The first-order valence-electron chi connectivity index (χ1n) is 3.10. The van der Waals surface area contributed by atoms with Crippen molar-refractivity contribution < 1.29 is 9.90 Å². The number of allylic oxidation sites excluding steroid dienone is 1. The molecule has 0 aliphatic carbocycles. The highest BCUT2D eigenvalue weighted by molar-refractivity contribution is 14.1. The number of hydrogen-bond donors (Lipinski definition) is 1. The van der Waals surface area contributed by atoms with Crippen molar-refractivity contribution in [1.29, 1.82) is 0 Å². The topological polar surface area (TPSA) is 37.3 Å². The molecule has 0 amide bonds. The van der Waals surface area contributed by atoms with Crippen LogP contribution in [0, 0.1) is 0 Å². The SMILES string of the molecule is C=CCC(I)(CC)C(=O)O. The van der Waals surface area contributed by atoms with Gasteiger partial charge in [0.2, 0.25) is 0 Å².